The standard InChI is InChI=1S/C18H27NO4/c1-3-22-16-6-5-14(9-15(16)12-20)10-19-11-17(21-2)18(13-19)7-4-8-23-18/h5-6,9,17,20H,3-4,7-8,10-13H2,1-2H3/t17-,18-/m0/s1. The summed E-state index contributed by atoms with van der Waals surface area (Å²) in [4.78, 5) is 2.39. The maximum absolute atomic E-state index is 9.54. The van der Waals surface area contributed by atoms with Crippen molar-refractivity contribution in [1.82, 2.24) is 4.90 Å². The quantitative estimate of drug-likeness (QED) is 0.868. The van der Waals surface area contributed by atoms with Gasteiger partial charge in [0, 0.05) is 38.9 Å². The van der Waals surface area contributed by atoms with E-state index in [2.05, 4.69) is 11.0 Å². The summed E-state index contributed by atoms with van der Waals surface area (Å²) in [7, 11) is 1.78. The summed E-state index contributed by atoms with van der Waals surface area (Å²) in [6.07, 6.45) is 2.34. The fourth-order valence-corrected chi connectivity index (χ4v) is 3.86. The molecule has 2 fully saturated rings. The number of ether oxygens (including phenoxy) is 3. The fourth-order valence-electron chi connectivity index (χ4n) is 3.86. The SMILES string of the molecule is CCOc1ccc(CN2C[C@H](OC)[C@]3(CCCO3)C2)cc1CO. The molecule has 1 aromatic rings. The third kappa shape index (κ3) is 3.38. The number of likely N-dealkylation sites (tertiary alicyclic amines) is 1. The molecule has 1 spiro atoms. The number of aliphatic hydroxyl groups is 1. The van der Waals surface area contributed by atoms with Gasteiger partial charge in [-0.3, -0.25) is 4.90 Å². The Hall–Kier alpha value is -1.14. The van der Waals surface area contributed by atoms with Gasteiger partial charge in [0.1, 0.15) is 11.4 Å². The van der Waals surface area contributed by atoms with Crippen LogP contribution in [0.1, 0.15) is 30.9 Å². The highest BCUT2D eigenvalue weighted by Crippen LogP contribution is 2.37. The van der Waals surface area contributed by atoms with E-state index in [0.29, 0.717) is 6.61 Å². The minimum Gasteiger partial charge on any atom is -0.494 e. The fraction of sp³-hybridized carbons (Fsp3) is 0.667. The lowest BCUT2D eigenvalue weighted by Crippen LogP contribution is -2.41. The van der Waals surface area contributed by atoms with Crippen LogP contribution in [0.2, 0.25) is 0 Å². The Balaban J connectivity index is 1.70. The van der Waals surface area contributed by atoms with Crippen LogP contribution in [0.4, 0.5) is 0 Å². The number of methoxy groups -OCH3 is 1. The van der Waals surface area contributed by atoms with E-state index in [9.17, 15) is 5.11 Å². The first-order chi connectivity index (χ1) is 11.2. The second-order valence-electron chi connectivity index (χ2n) is 6.44. The van der Waals surface area contributed by atoms with Crippen molar-refractivity contribution in [3.8, 4) is 5.75 Å². The largest absolute Gasteiger partial charge is 0.494 e. The molecule has 2 heterocycles. The zero-order valence-electron chi connectivity index (χ0n) is 14.1. The van der Waals surface area contributed by atoms with Gasteiger partial charge in [0.2, 0.25) is 0 Å². The molecule has 0 aliphatic carbocycles. The highest BCUT2D eigenvalue weighted by molar-refractivity contribution is 5.37. The summed E-state index contributed by atoms with van der Waals surface area (Å²) in [6.45, 7) is 6.02. The molecule has 5 nitrogen and oxygen atoms in total. The molecule has 0 aromatic heterocycles. The van der Waals surface area contributed by atoms with Crippen LogP contribution in [-0.4, -0.2) is 55.1 Å². The van der Waals surface area contributed by atoms with Gasteiger partial charge in [-0.25, -0.2) is 0 Å². The first kappa shape index (κ1) is 16.7. The lowest BCUT2D eigenvalue weighted by molar-refractivity contribution is -0.0756. The normalized spacial score (nSPS) is 27.9. The maximum atomic E-state index is 9.54. The lowest BCUT2D eigenvalue weighted by Gasteiger charge is -2.28. The van der Waals surface area contributed by atoms with Gasteiger partial charge < -0.3 is 19.3 Å². The summed E-state index contributed by atoms with van der Waals surface area (Å²) in [5, 5.41) is 9.54. The van der Waals surface area contributed by atoms with Crippen LogP contribution in [0.5, 0.6) is 5.75 Å². The van der Waals surface area contributed by atoms with Crippen LogP contribution in [0.25, 0.3) is 0 Å². The Morgan fingerprint density at radius 3 is 2.96 bits per heavy atom. The highest BCUT2D eigenvalue weighted by Gasteiger charge is 2.49. The first-order valence-corrected chi connectivity index (χ1v) is 8.45. The van der Waals surface area contributed by atoms with E-state index < -0.39 is 0 Å². The zero-order chi connectivity index (χ0) is 16.3. The first-order valence-electron chi connectivity index (χ1n) is 8.45. The van der Waals surface area contributed by atoms with Crippen LogP contribution in [0, 0.1) is 0 Å². The van der Waals surface area contributed by atoms with Gasteiger partial charge in [-0.15, -0.1) is 0 Å². The van der Waals surface area contributed by atoms with Crippen LogP contribution >= 0.6 is 0 Å². The molecule has 3 rings (SSSR count). The third-order valence-corrected chi connectivity index (χ3v) is 4.92. The predicted octanol–water partition coefficient (Wildman–Crippen LogP) is 1.96. The summed E-state index contributed by atoms with van der Waals surface area (Å²) >= 11 is 0. The molecule has 0 radical (unpaired) electrons. The summed E-state index contributed by atoms with van der Waals surface area (Å²) in [5.41, 5.74) is 1.90. The van der Waals surface area contributed by atoms with Gasteiger partial charge >= 0.3 is 0 Å². The number of aliphatic hydroxyl groups excluding tert-OH is 1. The molecule has 0 amide bonds. The summed E-state index contributed by atoms with van der Waals surface area (Å²) < 4.78 is 17.3. The zero-order valence-corrected chi connectivity index (χ0v) is 14.1. The highest BCUT2D eigenvalue weighted by atomic mass is 16.6. The minimum atomic E-state index is -0.125. The molecule has 2 aliphatic rings. The van der Waals surface area contributed by atoms with Crippen molar-refractivity contribution < 1.29 is 19.3 Å². The van der Waals surface area contributed by atoms with Gasteiger partial charge in [-0.2, -0.15) is 0 Å². The molecule has 128 valence electrons. The van der Waals surface area contributed by atoms with Crippen molar-refractivity contribution in [2.45, 2.75) is 44.6 Å². The topological polar surface area (TPSA) is 51.2 Å². The van der Waals surface area contributed by atoms with Crippen LogP contribution in [0.3, 0.4) is 0 Å². The van der Waals surface area contributed by atoms with Crippen molar-refractivity contribution >= 4 is 0 Å². The average Bonchev–Trinajstić information content (AvgIpc) is 3.16. The minimum absolute atomic E-state index is 0.00306. The van der Waals surface area contributed by atoms with Crippen molar-refractivity contribution in [2.75, 3.05) is 33.4 Å². The van der Waals surface area contributed by atoms with Gasteiger partial charge in [0.05, 0.1) is 19.3 Å². The smallest absolute Gasteiger partial charge is 0.124 e. The van der Waals surface area contributed by atoms with Crippen molar-refractivity contribution in [1.29, 1.82) is 0 Å². The summed E-state index contributed by atoms with van der Waals surface area (Å²) in [6, 6.07) is 6.07. The van der Waals surface area contributed by atoms with Gasteiger partial charge in [-0.1, -0.05) is 6.07 Å². The second-order valence-corrected chi connectivity index (χ2v) is 6.44. The van der Waals surface area contributed by atoms with Gasteiger partial charge in [-0.05, 0) is 37.5 Å². The molecule has 1 N–H and O–H groups in total. The molecule has 5 heteroatoms. The van der Waals surface area contributed by atoms with E-state index in [1.165, 1.54) is 5.56 Å². The number of rotatable bonds is 6. The van der Waals surface area contributed by atoms with E-state index in [1.54, 1.807) is 7.11 Å². The third-order valence-electron chi connectivity index (χ3n) is 4.92. The number of hydrogen-bond donors (Lipinski definition) is 1. The van der Waals surface area contributed by atoms with Crippen molar-refractivity contribution in [3.05, 3.63) is 29.3 Å². The molecule has 0 saturated carbocycles. The lowest BCUT2D eigenvalue weighted by atomic mass is 9.96. The molecule has 1 aromatic carbocycles. The van der Waals surface area contributed by atoms with Crippen LogP contribution in [0.15, 0.2) is 18.2 Å². The molecule has 2 atom stereocenters. The van der Waals surface area contributed by atoms with Crippen molar-refractivity contribution in [2.24, 2.45) is 0 Å². The molecular weight excluding hydrogens is 294 g/mol. The Labute approximate surface area is 138 Å². The van der Waals surface area contributed by atoms with E-state index in [0.717, 1.165) is 50.4 Å². The average molecular weight is 321 g/mol. The molecule has 23 heavy (non-hydrogen) atoms. The van der Waals surface area contributed by atoms with E-state index >= 15 is 0 Å². The van der Waals surface area contributed by atoms with Gasteiger partial charge in [0.15, 0.2) is 0 Å². The van der Waals surface area contributed by atoms with E-state index in [4.69, 9.17) is 14.2 Å². The number of nitrogens with zero attached hydrogens (tertiary/aromatic N) is 1. The summed E-state index contributed by atoms with van der Waals surface area (Å²) in [5.74, 6) is 0.769. The predicted molar refractivity (Wildman–Crippen MR) is 87.5 cm³/mol. The molecular formula is C18H27NO4. The molecule has 0 unspecified atom stereocenters. The number of hydrogen-bond acceptors (Lipinski definition) is 5. The molecule has 2 aliphatic heterocycles. The molecule has 0 bridgehead atoms. The Kier molecular flexibility index (Phi) is 5.21. The van der Waals surface area contributed by atoms with E-state index in [1.807, 2.05) is 19.1 Å². The van der Waals surface area contributed by atoms with Crippen molar-refractivity contribution in [3.63, 3.8) is 0 Å². The maximum Gasteiger partial charge on any atom is 0.124 e. The monoisotopic (exact) mass is 321 g/mol. The van der Waals surface area contributed by atoms with Gasteiger partial charge in [0.25, 0.3) is 0 Å². The van der Waals surface area contributed by atoms with E-state index in [-0.39, 0.29) is 18.3 Å². The molecule has 2 saturated heterocycles. The number of benzene rings is 1. The van der Waals surface area contributed by atoms with Crippen LogP contribution < -0.4 is 4.74 Å². The Bertz CT molecular complexity index is 528. The Morgan fingerprint density at radius 2 is 2.30 bits per heavy atom. The Morgan fingerprint density at radius 1 is 1.43 bits per heavy atom. The van der Waals surface area contributed by atoms with Crippen LogP contribution in [-0.2, 0) is 22.6 Å². The second kappa shape index (κ2) is 7.18.